The van der Waals surface area contributed by atoms with Crippen LogP contribution in [0.15, 0.2) is 77.7 Å². The SMILES string of the molecule is O=C(OCc1ccccc1)O[C@@H]1[C@@H](CO)O[C@@H](N(C(=O)OCc2ccccc2)c2ccnc(=O)[nH]2)C1(F)F. The number of amides is 1. The van der Waals surface area contributed by atoms with Crippen molar-refractivity contribution in [2.75, 3.05) is 11.5 Å². The number of nitrogens with zero attached hydrogens (tertiary/aromatic N) is 2. The van der Waals surface area contributed by atoms with E-state index in [1.807, 2.05) is 0 Å². The molecule has 38 heavy (non-hydrogen) atoms. The van der Waals surface area contributed by atoms with Crippen LogP contribution in [-0.2, 0) is 32.2 Å². The summed E-state index contributed by atoms with van der Waals surface area (Å²) in [4.78, 5) is 43.0. The summed E-state index contributed by atoms with van der Waals surface area (Å²) in [6.07, 6.45) is -8.25. The van der Waals surface area contributed by atoms with Gasteiger partial charge in [-0.25, -0.2) is 24.3 Å². The zero-order chi connectivity index (χ0) is 27.1. The van der Waals surface area contributed by atoms with Crippen LogP contribution in [0.2, 0.25) is 0 Å². The second-order valence-electron chi connectivity index (χ2n) is 8.12. The first-order valence-corrected chi connectivity index (χ1v) is 11.4. The van der Waals surface area contributed by atoms with Crippen LogP contribution < -0.4 is 10.6 Å². The van der Waals surface area contributed by atoms with Crippen LogP contribution in [0.1, 0.15) is 11.1 Å². The van der Waals surface area contributed by atoms with Gasteiger partial charge in [-0.05, 0) is 17.2 Å². The fraction of sp³-hybridized carbons (Fsp3) is 0.280. The molecule has 1 aliphatic heterocycles. The van der Waals surface area contributed by atoms with Gasteiger partial charge in [0.05, 0.1) is 6.61 Å². The number of aromatic amines is 1. The first-order valence-electron chi connectivity index (χ1n) is 11.4. The highest BCUT2D eigenvalue weighted by atomic mass is 19.3. The van der Waals surface area contributed by atoms with E-state index in [1.54, 1.807) is 60.7 Å². The van der Waals surface area contributed by atoms with Crippen molar-refractivity contribution in [2.24, 2.45) is 0 Å². The highest BCUT2D eigenvalue weighted by Gasteiger charge is 2.64. The second-order valence-corrected chi connectivity index (χ2v) is 8.12. The fourth-order valence-electron chi connectivity index (χ4n) is 3.71. The molecule has 1 fully saturated rings. The molecule has 0 bridgehead atoms. The molecule has 11 nitrogen and oxygen atoms in total. The molecule has 0 aliphatic carbocycles. The number of alkyl halides is 2. The lowest BCUT2D eigenvalue weighted by atomic mass is 10.1. The van der Waals surface area contributed by atoms with Crippen LogP contribution in [0.5, 0.6) is 0 Å². The maximum atomic E-state index is 15.7. The number of halogens is 2. The second kappa shape index (κ2) is 11.8. The Labute approximate surface area is 214 Å². The van der Waals surface area contributed by atoms with Crippen molar-refractivity contribution in [3.63, 3.8) is 0 Å². The normalized spacial score (nSPS) is 19.9. The Morgan fingerprint density at radius 2 is 1.61 bits per heavy atom. The van der Waals surface area contributed by atoms with Crippen LogP contribution >= 0.6 is 0 Å². The molecular formula is C25H23F2N3O8. The van der Waals surface area contributed by atoms with Gasteiger partial charge in [0.25, 0.3) is 0 Å². The molecule has 3 atom stereocenters. The molecule has 1 saturated heterocycles. The molecule has 0 saturated carbocycles. The van der Waals surface area contributed by atoms with E-state index in [1.165, 1.54) is 0 Å². The Balaban J connectivity index is 1.55. The van der Waals surface area contributed by atoms with E-state index < -0.39 is 54.7 Å². The van der Waals surface area contributed by atoms with Crippen LogP contribution in [0.4, 0.5) is 24.2 Å². The van der Waals surface area contributed by atoms with E-state index in [4.69, 9.17) is 18.9 Å². The number of rotatable bonds is 8. The van der Waals surface area contributed by atoms with Crippen LogP contribution in [-0.4, -0.2) is 58.3 Å². The summed E-state index contributed by atoms with van der Waals surface area (Å²) in [6, 6.07) is 18.0. The monoisotopic (exact) mass is 531 g/mol. The number of H-pyrrole nitrogens is 1. The van der Waals surface area contributed by atoms with Crippen LogP contribution in [0.3, 0.4) is 0 Å². The number of aliphatic hydroxyl groups is 1. The number of aromatic nitrogens is 2. The first kappa shape index (κ1) is 26.7. The molecule has 2 heterocycles. The molecule has 1 amide bonds. The zero-order valence-corrected chi connectivity index (χ0v) is 19.7. The molecule has 13 heteroatoms. The van der Waals surface area contributed by atoms with Gasteiger partial charge in [0.1, 0.15) is 25.1 Å². The first-order chi connectivity index (χ1) is 18.3. The van der Waals surface area contributed by atoms with Crippen molar-refractivity contribution in [3.05, 3.63) is 94.5 Å². The van der Waals surface area contributed by atoms with E-state index in [0.29, 0.717) is 16.0 Å². The Kier molecular flexibility index (Phi) is 8.28. The van der Waals surface area contributed by atoms with Gasteiger partial charge in [0.2, 0.25) is 12.3 Å². The maximum Gasteiger partial charge on any atom is 0.509 e. The van der Waals surface area contributed by atoms with E-state index in [0.717, 1.165) is 12.3 Å². The summed E-state index contributed by atoms with van der Waals surface area (Å²) < 4.78 is 51.6. The third-order valence-electron chi connectivity index (χ3n) is 5.51. The third-order valence-corrected chi connectivity index (χ3v) is 5.51. The smallest absolute Gasteiger partial charge is 0.444 e. The number of nitrogens with one attached hydrogen (secondary N) is 1. The Morgan fingerprint density at radius 3 is 2.18 bits per heavy atom. The number of benzene rings is 2. The van der Waals surface area contributed by atoms with Crippen LogP contribution in [0, 0.1) is 0 Å². The van der Waals surface area contributed by atoms with Crippen molar-refractivity contribution >= 4 is 18.1 Å². The molecule has 0 spiro atoms. The molecule has 0 radical (unpaired) electrons. The van der Waals surface area contributed by atoms with Gasteiger partial charge in [0.15, 0.2) is 0 Å². The average molecular weight is 531 g/mol. The minimum Gasteiger partial charge on any atom is -0.444 e. The number of ether oxygens (including phenoxy) is 4. The van der Waals surface area contributed by atoms with Crippen molar-refractivity contribution in [3.8, 4) is 0 Å². The van der Waals surface area contributed by atoms with Crippen molar-refractivity contribution in [2.45, 2.75) is 37.6 Å². The topological polar surface area (TPSA) is 140 Å². The third kappa shape index (κ3) is 6.12. The lowest BCUT2D eigenvalue weighted by Gasteiger charge is -2.31. The van der Waals surface area contributed by atoms with E-state index in [9.17, 15) is 19.5 Å². The molecule has 4 rings (SSSR count). The van der Waals surface area contributed by atoms with Gasteiger partial charge in [-0.15, -0.1) is 0 Å². The molecule has 2 aromatic carbocycles. The Bertz CT molecular complexity index is 1290. The van der Waals surface area contributed by atoms with Crippen molar-refractivity contribution in [1.29, 1.82) is 0 Å². The Hall–Kier alpha value is -4.36. The van der Waals surface area contributed by atoms with E-state index in [2.05, 4.69) is 9.97 Å². The lowest BCUT2D eigenvalue weighted by Crippen LogP contribution is -2.53. The predicted octanol–water partition coefficient (Wildman–Crippen LogP) is 2.99. The summed E-state index contributed by atoms with van der Waals surface area (Å²) in [5.41, 5.74) is 0.226. The number of carbonyl (C=O) groups is 2. The molecular weight excluding hydrogens is 508 g/mol. The van der Waals surface area contributed by atoms with E-state index in [-0.39, 0.29) is 13.2 Å². The summed E-state index contributed by atoms with van der Waals surface area (Å²) in [5, 5.41) is 9.70. The number of anilines is 1. The van der Waals surface area contributed by atoms with Gasteiger partial charge in [-0.3, -0.25) is 4.98 Å². The van der Waals surface area contributed by atoms with Crippen molar-refractivity contribution < 1.29 is 42.4 Å². The molecule has 1 aromatic heterocycles. The minimum atomic E-state index is -4.08. The quantitative estimate of drug-likeness (QED) is 0.420. The highest BCUT2D eigenvalue weighted by Crippen LogP contribution is 2.41. The molecule has 200 valence electrons. The fourth-order valence-corrected chi connectivity index (χ4v) is 3.71. The number of aliphatic hydroxyl groups excluding tert-OH is 1. The Morgan fingerprint density at radius 1 is 1.00 bits per heavy atom. The van der Waals surface area contributed by atoms with Gasteiger partial charge in [0, 0.05) is 6.20 Å². The van der Waals surface area contributed by atoms with Crippen LogP contribution in [0.25, 0.3) is 0 Å². The average Bonchev–Trinajstić information content (AvgIpc) is 3.16. The summed E-state index contributed by atoms with van der Waals surface area (Å²) in [7, 11) is 0. The zero-order valence-electron chi connectivity index (χ0n) is 19.7. The maximum absolute atomic E-state index is 15.7. The summed E-state index contributed by atoms with van der Waals surface area (Å²) >= 11 is 0. The van der Waals surface area contributed by atoms with Gasteiger partial charge in [-0.2, -0.15) is 8.78 Å². The van der Waals surface area contributed by atoms with Crippen molar-refractivity contribution in [1.82, 2.24) is 9.97 Å². The predicted molar refractivity (Wildman–Crippen MR) is 126 cm³/mol. The minimum absolute atomic E-state index is 0.248. The highest BCUT2D eigenvalue weighted by molar-refractivity contribution is 5.87. The molecule has 2 N–H and O–H groups in total. The number of hydrogen-bond acceptors (Lipinski definition) is 9. The van der Waals surface area contributed by atoms with E-state index >= 15 is 8.78 Å². The number of hydrogen-bond donors (Lipinski definition) is 2. The van der Waals surface area contributed by atoms with Gasteiger partial charge >= 0.3 is 23.9 Å². The van der Waals surface area contributed by atoms with Gasteiger partial charge in [-0.1, -0.05) is 60.7 Å². The molecule has 3 aromatic rings. The summed E-state index contributed by atoms with van der Waals surface area (Å²) in [6.45, 7) is -1.51. The molecule has 1 aliphatic rings. The molecule has 0 unspecified atom stereocenters. The lowest BCUT2D eigenvalue weighted by molar-refractivity contribution is -0.122. The van der Waals surface area contributed by atoms with Gasteiger partial charge < -0.3 is 24.1 Å². The standard InChI is InChI=1S/C25H23F2N3O8/c26-25(27)20(38-24(34)36-15-17-9-5-2-6-10-17)18(13-31)37-21(25)30(19-11-12-28-22(32)29-19)23(33)35-14-16-7-3-1-4-8-16/h1-12,18,20-21,31H,13-15H2,(H,28,29,32)/t18-,20-,21-/m1/s1. The number of carbonyl (C=O) groups excluding carboxylic acids is 2. The largest absolute Gasteiger partial charge is 0.509 e. The summed E-state index contributed by atoms with van der Waals surface area (Å²) in [5.74, 6) is -4.50.